The molecule has 0 aliphatic heterocycles. The molecule has 1 nitrogen and oxygen atoms in total. The summed E-state index contributed by atoms with van der Waals surface area (Å²) in [4.78, 5) is 2.48. The number of benzene rings is 4. The zero-order valence-corrected chi connectivity index (χ0v) is 19.5. The molecule has 0 bridgehead atoms. The number of fused-ring (bicyclic) bond motifs is 3. The zero-order valence-electron chi connectivity index (χ0n) is 19.5. The van der Waals surface area contributed by atoms with Gasteiger partial charge in [-0.3, -0.25) is 0 Å². The predicted molar refractivity (Wildman–Crippen MR) is 137 cm³/mol. The summed E-state index contributed by atoms with van der Waals surface area (Å²) in [5.41, 5.74) is 11.8. The molecule has 0 N–H and O–H groups in total. The molecule has 0 fully saturated rings. The van der Waals surface area contributed by atoms with Gasteiger partial charge in [-0.15, -0.1) is 0 Å². The van der Waals surface area contributed by atoms with E-state index in [9.17, 15) is 0 Å². The molecule has 1 aliphatic carbocycles. The minimum absolute atomic E-state index is 0.326. The van der Waals surface area contributed by atoms with Crippen LogP contribution in [0.2, 0.25) is 0 Å². The average Bonchev–Trinajstić information content (AvgIpc) is 3.12. The Kier molecular flexibility index (Phi) is 5.13. The molecule has 5 rings (SSSR count). The maximum Gasteiger partial charge on any atom is 0.0714 e. The lowest BCUT2D eigenvalue weighted by atomic mass is 9.67. The van der Waals surface area contributed by atoms with Crippen molar-refractivity contribution in [1.82, 2.24) is 0 Å². The molecule has 4 aromatic rings. The summed E-state index contributed by atoms with van der Waals surface area (Å²) in [5.74, 6) is 0. The summed E-state index contributed by atoms with van der Waals surface area (Å²) < 4.78 is 0. The summed E-state index contributed by atoms with van der Waals surface area (Å²) in [6.45, 7) is 10.9. The third-order valence-electron chi connectivity index (χ3n) is 7.05. The highest BCUT2D eigenvalue weighted by molar-refractivity contribution is 5.93. The van der Waals surface area contributed by atoms with Crippen LogP contribution < -0.4 is 4.90 Å². The molecule has 4 aromatic carbocycles. The van der Waals surface area contributed by atoms with E-state index in [1.54, 1.807) is 0 Å². The fraction of sp³-hybridized carbons (Fsp3) is 0.226. The minimum Gasteiger partial charge on any atom is -0.372 e. The maximum absolute atomic E-state index is 2.48. The summed E-state index contributed by atoms with van der Waals surface area (Å²) in [6, 6.07) is 34.1. The van der Waals surface area contributed by atoms with Crippen molar-refractivity contribution in [1.29, 1.82) is 0 Å². The van der Waals surface area contributed by atoms with Crippen LogP contribution in [-0.2, 0) is 5.41 Å². The number of nitrogens with zero attached hydrogens (tertiary/aromatic N) is 1. The van der Waals surface area contributed by atoms with Crippen molar-refractivity contribution < 1.29 is 0 Å². The van der Waals surface area contributed by atoms with Gasteiger partial charge in [-0.2, -0.15) is 0 Å². The molecule has 0 atom stereocenters. The monoisotopic (exact) mass is 417 g/mol. The molecule has 0 amide bonds. The van der Waals surface area contributed by atoms with E-state index < -0.39 is 0 Å². The smallest absolute Gasteiger partial charge is 0.0714 e. The molecular formula is C31H31N. The molecule has 0 saturated heterocycles. The van der Waals surface area contributed by atoms with Crippen LogP contribution in [0.4, 0.5) is 5.69 Å². The van der Waals surface area contributed by atoms with Crippen molar-refractivity contribution in [2.45, 2.75) is 33.1 Å². The van der Waals surface area contributed by atoms with E-state index in [1.807, 2.05) is 0 Å². The lowest BCUT2D eigenvalue weighted by Gasteiger charge is -2.34. The van der Waals surface area contributed by atoms with Gasteiger partial charge in [-0.25, -0.2) is 0 Å². The van der Waals surface area contributed by atoms with Crippen molar-refractivity contribution in [2.24, 2.45) is 0 Å². The van der Waals surface area contributed by atoms with E-state index >= 15 is 0 Å². The fourth-order valence-corrected chi connectivity index (χ4v) is 5.68. The van der Waals surface area contributed by atoms with Crippen LogP contribution in [0.15, 0.2) is 91.0 Å². The first-order valence-electron chi connectivity index (χ1n) is 11.7. The van der Waals surface area contributed by atoms with Gasteiger partial charge in [0.1, 0.15) is 0 Å². The molecule has 0 radical (unpaired) electrons. The van der Waals surface area contributed by atoms with Gasteiger partial charge >= 0.3 is 0 Å². The van der Waals surface area contributed by atoms with Crippen molar-refractivity contribution in [3.8, 4) is 11.1 Å². The molecule has 32 heavy (non-hydrogen) atoms. The first-order valence-corrected chi connectivity index (χ1v) is 11.7. The zero-order chi connectivity index (χ0) is 22.3. The van der Waals surface area contributed by atoms with Crippen LogP contribution in [0.3, 0.4) is 0 Å². The molecule has 0 unspecified atom stereocenters. The van der Waals surface area contributed by atoms with Crippen LogP contribution in [-0.4, -0.2) is 13.1 Å². The van der Waals surface area contributed by atoms with Gasteiger partial charge in [0.15, 0.2) is 0 Å². The van der Waals surface area contributed by atoms with Gasteiger partial charge in [0.25, 0.3) is 0 Å². The topological polar surface area (TPSA) is 3.24 Å². The van der Waals surface area contributed by atoms with Crippen molar-refractivity contribution in [3.05, 3.63) is 124 Å². The summed E-state index contributed by atoms with van der Waals surface area (Å²) in [7, 11) is 0. The lowest BCUT2D eigenvalue weighted by molar-refractivity contribution is 0.765. The Morgan fingerprint density at radius 3 is 1.78 bits per heavy atom. The Morgan fingerprint density at radius 1 is 0.625 bits per heavy atom. The second-order valence-corrected chi connectivity index (χ2v) is 8.91. The van der Waals surface area contributed by atoms with Crippen molar-refractivity contribution in [3.63, 3.8) is 0 Å². The van der Waals surface area contributed by atoms with Gasteiger partial charge in [-0.1, -0.05) is 96.1 Å². The first-order chi connectivity index (χ1) is 15.6. The third-order valence-corrected chi connectivity index (χ3v) is 7.05. The maximum atomic E-state index is 2.48. The second kappa shape index (κ2) is 7.98. The third kappa shape index (κ3) is 2.92. The highest BCUT2D eigenvalue weighted by atomic mass is 15.1. The number of anilines is 1. The largest absolute Gasteiger partial charge is 0.372 e. The van der Waals surface area contributed by atoms with Crippen LogP contribution >= 0.6 is 0 Å². The molecule has 1 aliphatic rings. The SMILES string of the molecule is CCN(CC)c1cccc2c1-c1ccccc1C2(c1cccc(C)c1)c1cccc(C)c1. The number of hydrogen-bond acceptors (Lipinski definition) is 1. The van der Waals surface area contributed by atoms with E-state index in [-0.39, 0.29) is 5.41 Å². The Balaban J connectivity index is 1.97. The number of aryl methyl sites for hydroxylation is 2. The van der Waals surface area contributed by atoms with E-state index in [0.29, 0.717) is 0 Å². The predicted octanol–water partition coefficient (Wildman–Crippen LogP) is 7.51. The molecule has 0 spiro atoms. The van der Waals surface area contributed by atoms with Crippen molar-refractivity contribution >= 4 is 5.69 Å². The quantitative estimate of drug-likeness (QED) is 0.286. The second-order valence-electron chi connectivity index (χ2n) is 8.91. The molecule has 0 heterocycles. The average molecular weight is 418 g/mol. The van der Waals surface area contributed by atoms with E-state index in [4.69, 9.17) is 0 Å². The lowest BCUT2D eigenvalue weighted by Crippen LogP contribution is -2.29. The minimum atomic E-state index is -0.326. The summed E-state index contributed by atoms with van der Waals surface area (Å²) in [6.07, 6.45) is 0. The summed E-state index contributed by atoms with van der Waals surface area (Å²) >= 11 is 0. The number of rotatable bonds is 5. The normalized spacial score (nSPS) is 13.5. The number of hydrogen-bond donors (Lipinski definition) is 0. The van der Waals surface area contributed by atoms with Crippen LogP contribution in [0, 0.1) is 13.8 Å². The van der Waals surface area contributed by atoms with E-state index in [1.165, 1.54) is 50.2 Å². The Labute approximate surface area is 192 Å². The fourth-order valence-electron chi connectivity index (χ4n) is 5.68. The molecule has 160 valence electrons. The molecule has 0 aromatic heterocycles. The highest BCUT2D eigenvalue weighted by Crippen LogP contribution is 2.58. The summed E-state index contributed by atoms with van der Waals surface area (Å²) in [5, 5.41) is 0. The van der Waals surface area contributed by atoms with Gasteiger partial charge in [0, 0.05) is 24.3 Å². The molecular weight excluding hydrogens is 386 g/mol. The van der Waals surface area contributed by atoms with Gasteiger partial charge in [0.2, 0.25) is 0 Å². The van der Waals surface area contributed by atoms with E-state index in [2.05, 4.69) is 124 Å². The van der Waals surface area contributed by atoms with Gasteiger partial charge < -0.3 is 4.90 Å². The highest BCUT2D eigenvalue weighted by Gasteiger charge is 2.47. The Hall–Kier alpha value is -3.32. The standard InChI is InChI=1S/C31H31N/c1-5-32(6-2)29-19-11-18-28-30(29)26-16-7-8-17-27(26)31(28,24-14-9-12-22(3)20-24)25-15-10-13-23(4)21-25/h7-21H,5-6H2,1-4H3. The van der Waals surface area contributed by atoms with Crippen molar-refractivity contribution in [2.75, 3.05) is 18.0 Å². The van der Waals surface area contributed by atoms with Gasteiger partial charge in [-0.05, 0) is 61.6 Å². The Bertz CT molecular complexity index is 1230. The van der Waals surface area contributed by atoms with E-state index in [0.717, 1.165) is 13.1 Å². The molecule has 1 heteroatoms. The van der Waals surface area contributed by atoms with Crippen LogP contribution in [0.1, 0.15) is 47.2 Å². The van der Waals surface area contributed by atoms with Crippen LogP contribution in [0.25, 0.3) is 11.1 Å². The van der Waals surface area contributed by atoms with Gasteiger partial charge in [0.05, 0.1) is 5.41 Å². The van der Waals surface area contributed by atoms with Crippen LogP contribution in [0.5, 0.6) is 0 Å². The Morgan fingerprint density at radius 2 is 1.19 bits per heavy atom. The molecule has 0 saturated carbocycles. The first kappa shape index (κ1) is 20.6.